The van der Waals surface area contributed by atoms with Crippen molar-refractivity contribution < 1.29 is 4.79 Å². The van der Waals surface area contributed by atoms with Crippen molar-refractivity contribution in [2.45, 2.75) is 31.6 Å². The van der Waals surface area contributed by atoms with E-state index in [9.17, 15) is 4.79 Å². The molecule has 1 saturated carbocycles. The average molecular weight is 258 g/mol. The van der Waals surface area contributed by atoms with Crippen LogP contribution >= 0.6 is 15.9 Å². The first-order valence-corrected chi connectivity index (χ1v) is 5.57. The summed E-state index contributed by atoms with van der Waals surface area (Å²) < 4.78 is 2.40. The molecular weight excluding hydrogens is 246 g/mol. The zero-order valence-electron chi connectivity index (χ0n) is 8.03. The van der Waals surface area contributed by atoms with E-state index >= 15 is 0 Å². The van der Waals surface area contributed by atoms with Crippen molar-refractivity contribution in [2.24, 2.45) is 7.05 Å². The van der Waals surface area contributed by atoms with Gasteiger partial charge in [-0.2, -0.15) is 0 Å². The standard InChI is InChI=1S/C9H12BrN3O/c1-13-8(9(10)11-12-13)6-4-2-3-5-7(6)14/h6H,2-5H2,1H3. The highest BCUT2D eigenvalue weighted by Gasteiger charge is 2.28. The molecule has 4 nitrogen and oxygen atoms in total. The highest BCUT2D eigenvalue weighted by molar-refractivity contribution is 9.10. The molecular formula is C9H12BrN3O. The molecule has 5 heteroatoms. The van der Waals surface area contributed by atoms with Crippen LogP contribution in [0, 0.1) is 0 Å². The van der Waals surface area contributed by atoms with Crippen LogP contribution in [0.5, 0.6) is 0 Å². The van der Waals surface area contributed by atoms with E-state index in [2.05, 4.69) is 26.2 Å². The minimum Gasteiger partial charge on any atom is -0.299 e. The van der Waals surface area contributed by atoms with Crippen LogP contribution < -0.4 is 0 Å². The topological polar surface area (TPSA) is 47.8 Å². The summed E-state index contributed by atoms with van der Waals surface area (Å²) in [5.74, 6) is 0.320. The van der Waals surface area contributed by atoms with Crippen molar-refractivity contribution in [3.63, 3.8) is 0 Å². The van der Waals surface area contributed by atoms with Crippen molar-refractivity contribution in [2.75, 3.05) is 0 Å². The number of aromatic nitrogens is 3. The summed E-state index contributed by atoms with van der Waals surface area (Å²) in [7, 11) is 1.83. The summed E-state index contributed by atoms with van der Waals surface area (Å²) in [5.41, 5.74) is 0.926. The number of halogens is 1. The lowest BCUT2D eigenvalue weighted by atomic mass is 9.86. The molecule has 0 amide bonds. The molecule has 1 aromatic heterocycles. The first-order chi connectivity index (χ1) is 6.70. The number of rotatable bonds is 1. The molecule has 1 aliphatic carbocycles. The van der Waals surface area contributed by atoms with Crippen LogP contribution in [-0.2, 0) is 11.8 Å². The fraction of sp³-hybridized carbons (Fsp3) is 0.667. The summed E-state index contributed by atoms with van der Waals surface area (Å²) in [6.45, 7) is 0. The van der Waals surface area contributed by atoms with Gasteiger partial charge in [0, 0.05) is 13.5 Å². The number of hydrogen-bond donors (Lipinski definition) is 0. The third kappa shape index (κ3) is 1.61. The molecule has 1 aliphatic rings. The highest BCUT2D eigenvalue weighted by Crippen LogP contribution is 2.32. The first kappa shape index (κ1) is 9.83. The Morgan fingerprint density at radius 1 is 1.50 bits per heavy atom. The summed E-state index contributed by atoms with van der Waals surface area (Å²) in [5, 5.41) is 7.80. The molecule has 1 fully saturated rings. The van der Waals surface area contributed by atoms with Crippen molar-refractivity contribution in [3.8, 4) is 0 Å². The van der Waals surface area contributed by atoms with Gasteiger partial charge in [0.2, 0.25) is 0 Å². The summed E-state index contributed by atoms with van der Waals surface area (Å²) in [6.07, 6.45) is 3.77. The third-order valence-electron chi connectivity index (χ3n) is 2.71. The predicted molar refractivity (Wildman–Crippen MR) is 54.9 cm³/mol. The monoisotopic (exact) mass is 257 g/mol. The summed E-state index contributed by atoms with van der Waals surface area (Å²) >= 11 is 3.33. The Bertz CT molecular complexity index is 341. The normalized spacial score (nSPS) is 22.7. The van der Waals surface area contributed by atoms with Gasteiger partial charge in [-0.1, -0.05) is 11.6 Å². The van der Waals surface area contributed by atoms with Crippen molar-refractivity contribution in [3.05, 3.63) is 10.3 Å². The number of aryl methyl sites for hydroxylation is 1. The van der Waals surface area contributed by atoms with Gasteiger partial charge in [0.25, 0.3) is 0 Å². The molecule has 2 rings (SSSR count). The van der Waals surface area contributed by atoms with E-state index in [4.69, 9.17) is 0 Å². The lowest BCUT2D eigenvalue weighted by Gasteiger charge is -2.20. The number of nitrogens with zero attached hydrogens (tertiary/aromatic N) is 3. The lowest BCUT2D eigenvalue weighted by molar-refractivity contribution is -0.122. The maximum Gasteiger partial charge on any atom is 0.152 e. The molecule has 0 N–H and O–H groups in total. The second-order valence-electron chi connectivity index (χ2n) is 3.65. The molecule has 0 bridgehead atoms. The minimum atomic E-state index is -0.00174. The van der Waals surface area contributed by atoms with Crippen LogP contribution in [0.3, 0.4) is 0 Å². The largest absolute Gasteiger partial charge is 0.299 e. The molecule has 76 valence electrons. The van der Waals surface area contributed by atoms with E-state index in [1.807, 2.05) is 7.05 Å². The second-order valence-corrected chi connectivity index (χ2v) is 4.40. The van der Waals surface area contributed by atoms with E-state index in [1.165, 1.54) is 0 Å². The Hall–Kier alpha value is -0.710. The Labute approximate surface area is 90.8 Å². The van der Waals surface area contributed by atoms with Crippen molar-refractivity contribution in [1.29, 1.82) is 0 Å². The smallest absolute Gasteiger partial charge is 0.152 e. The van der Waals surface area contributed by atoms with Gasteiger partial charge in [0.1, 0.15) is 5.78 Å². The van der Waals surface area contributed by atoms with E-state index in [0.29, 0.717) is 16.8 Å². The highest BCUT2D eigenvalue weighted by atomic mass is 79.9. The molecule has 0 aromatic carbocycles. The zero-order chi connectivity index (χ0) is 10.1. The van der Waals surface area contributed by atoms with Gasteiger partial charge in [-0.05, 0) is 28.8 Å². The first-order valence-electron chi connectivity index (χ1n) is 4.78. The molecule has 0 radical (unpaired) electrons. The third-order valence-corrected chi connectivity index (χ3v) is 3.28. The SMILES string of the molecule is Cn1nnc(Br)c1C1CCCCC1=O. The van der Waals surface area contributed by atoms with Crippen LogP contribution in [0.15, 0.2) is 4.60 Å². The molecule has 1 heterocycles. The number of hydrogen-bond acceptors (Lipinski definition) is 3. The zero-order valence-corrected chi connectivity index (χ0v) is 9.62. The van der Waals surface area contributed by atoms with Crippen LogP contribution in [0.4, 0.5) is 0 Å². The summed E-state index contributed by atoms with van der Waals surface area (Å²) in [4.78, 5) is 11.7. The van der Waals surface area contributed by atoms with Gasteiger partial charge in [-0.15, -0.1) is 5.10 Å². The van der Waals surface area contributed by atoms with Crippen LogP contribution in [0.1, 0.15) is 37.3 Å². The van der Waals surface area contributed by atoms with Crippen LogP contribution in [0.2, 0.25) is 0 Å². The predicted octanol–water partition coefficient (Wildman–Crippen LogP) is 1.80. The quantitative estimate of drug-likeness (QED) is 0.771. The van der Waals surface area contributed by atoms with Crippen molar-refractivity contribution in [1.82, 2.24) is 15.0 Å². The number of ketones is 1. The Morgan fingerprint density at radius 3 is 2.86 bits per heavy atom. The molecule has 1 aromatic rings. The molecule has 0 spiro atoms. The van der Waals surface area contributed by atoms with E-state index in [1.54, 1.807) is 4.68 Å². The van der Waals surface area contributed by atoms with Gasteiger partial charge in [-0.25, -0.2) is 0 Å². The molecule has 0 saturated heterocycles. The fourth-order valence-electron chi connectivity index (χ4n) is 1.98. The maximum atomic E-state index is 11.7. The maximum absolute atomic E-state index is 11.7. The summed E-state index contributed by atoms with van der Waals surface area (Å²) in [6, 6.07) is 0. The number of carbonyl (C=O) groups is 1. The number of Topliss-reactive ketones (excluding diaryl/α,β-unsaturated/α-hetero) is 1. The fourth-order valence-corrected chi connectivity index (χ4v) is 2.58. The van der Waals surface area contributed by atoms with E-state index in [0.717, 1.165) is 25.0 Å². The van der Waals surface area contributed by atoms with Crippen LogP contribution in [-0.4, -0.2) is 20.8 Å². The number of carbonyl (C=O) groups excluding carboxylic acids is 1. The Balaban J connectivity index is 2.33. The molecule has 1 atom stereocenters. The molecule has 0 aliphatic heterocycles. The average Bonchev–Trinajstić information content (AvgIpc) is 2.48. The Morgan fingerprint density at radius 2 is 2.29 bits per heavy atom. The second kappa shape index (κ2) is 3.81. The minimum absolute atomic E-state index is 0.00174. The van der Waals surface area contributed by atoms with E-state index < -0.39 is 0 Å². The molecule has 14 heavy (non-hydrogen) atoms. The van der Waals surface area contributed by atoms with Gasteiger partial charge in [-0.3, -0.25) is 9.48 Å². The molecule has 1 unspecified atom stereocenters. The van der Waals surface area contributed by atoms with Gasteiger partial charge in [0.05, 0.1) is 11.6 Å². The van der Waals surface area contributed by atoms with Gasteiger partial charge < -0.3 is 0 Å². The Kier molecular flexibility index (Phi) is 2.67. The van der Waals surface area contributed by atoms with Gasteiger partial charge >= 0.3 is 0 Å². The van der Waals surface area contributed by atoms with Crippen molar-refractivity contribution >= 4 is 21.7 Å². The lowest BCUT2D eigenvalue weighted by Crippen LogP contribution is -2.20. The van der Waals surface area contributed by atoms with Gasteiger partial charge in [0.15, 0.2) is 4.60 Å². The van der Waals surface area contributed by atoms with Crippen LogP contribution in [0.25, 0.3) is 0 Å². The van der Waals surface area contributed by atoms with E-state index in [-0.39, 0.29) is 5.92 Å².